The number of thiol groups is 1. The van der Waals surface area contributed by atoms with Gasteiger partial charge < -0.3 is 10.4 Å². The first kappa shape index (κ1) is 9.78. The van der Waals surface area contributed by atoms with Crippen LogP contribution in [0.2, 0.25) is 0 Å². The Morgan fingerprint density at radius 3 is 2.50 bits per heavy atom. The highest BCUT2D eigenvalue weighted by atomic mass is 32.1. The normalized spacial score (nSPS) is 16.0. The first-order valence-electron chi connectivity index (χ1n) is 3.17. The molecule has 0 rings (SSSR count). The third-order valence-electron chi connectivity index (χ3n) is 1.04. The summed E-state index contributed by atoms with van der Waals surface area (Å²) in [6.07, 6.45) is 0. The number of aliphatic hydroxyl groups is 1. The van der Waals surface area contributed by atoms with Crippen LogP contribution in [0.1, 0.15) is 13.8 Å². The Kier molecular flexibility index (Phi) is 4.47. The molecular formula is C6H13NO2S. The zero-order chi connectivity index (χ0) is 8.15. The van der Waals surface area contributed by atoms with Crippen molar-refractivity contribution in [3.63, 3.8) is 0 Å². The van der Waals surface area contributed by atoms with Crippen LogP contribution in [0.3, 0.4) is 0 Å². The van der Waals surface area contributed by atoms with E-state index in [4.69, 9.17) is 5.11 Å². The van der Waals surface area contributed by atoms with Gasteiger partial charge in [0.05, 0.1) is 11.9 Å². The lowest BCUT2D eigenvalue weighted by Crippen LogP contribution is -2.38. The van der Waals surface area contributed by atoms with Gasteiger partial charge in [0.25, 0.3) is 0 Å². The Bertz CT molecular complexity index is 116. The van der Waals surface area contributed by atoms with E-state index in [1.807, 2.05) is 0 Å². The number of aliphatic hydroxyl groups excluding tert-OH is 1. The van der Waals surface area contributed by atoms with Crippen LogP contribution in [0.4, 0.5) is 0 Å². The number of hydrogen-bond acceptors (Lipinski definition) is 3. The summed E-state index contributed by atoms with van der Waals surface area (Å²) in [5.41, 5.74) is 0. The molecule has 0 radical (unpaired) electrons. The van der Waals surface area contributed by atoms with Crippen molar-refractivity contribution in [3.05, 3.63) is 0 Å². The molecule has 0 bridgehead atoms. The molecule has 0 fully saturated rings. The van der Waals surface area contributed by atoms with Gasteiger partial charge in [-0.25, -0.2) is 0 Å². The molecule has 10 heavy (non-hydrogen) atoms. The van der Waals surface area contributed by atoms with E-state index in [9.17, 15) is 4.79 Å². The lowest BCUT2D eigenvalue weighted by molar-refractivity contribution is -0.121. The van der Waals surface area contributed by atoms with Crippen molar-refractivity contribution in [2.24, 2.45) is 0 Å². The molecule has 0 aliphatic rings. The first-order chi connectivity index (χ1) is 4.57. The van der Waals surface area contributed by atoms with E-state index in [0.29, 0.717) is 0 Å². The molecule has 0 aromatic carbocycles. The maximum absolute atomic E-state index is 10.8. The van der Waals surface area contributed by atoms with Gasteiger partial charge in [-0.05, 0) is 13.8 Å². The highest BCUT2D eigenvalue weighted by molar-refractivity contribution is 7.81. The van der Waals surface area contributed by atoms with E-state index < -0.39 is 0 Å². The van der Waals surface area contributed by atoms with Gasteiger partial charge in [-0.2, -0.15) is 12.6 Å². The summed E-state index contributed by atoms with van der Waals surface area (Å²) in [5, 5.41) is 10.8. The van der Waals surface area contributed by atoms with Crippen LogP contribution < -0.4 is 5.32 Å². The highest BCUT2D eigenvalue weighted by Gasteiger charge is 2.09. The van der Waals surface area contributed by atoms with Gasteiger partial charge in [-0.1, -0.05) is 0 Å². The van der Waals surface area contributed by atoms with Crippen LogP contribution in [0.15, 0.2) is 0 Å². The molecule has 60 valence electrons. The van der Waals surface area contributed by atoms with E-state index in [-0.39, 0.29) is 23.8 Å². The summed E-state index contributed by atoms with van der Waals surface area (Å²) >= 11 is 3.91. The summed E-state index contributed by atoms with van der Waals surface area (Å²) in [4.78, 5) is 10.8. The molecule has 0 saturated carbocycles. The van der Waals surface area contributed by atoms with Crippen molar-refractivity contribution in [1.29, 1.82) is 0 Å². The second-order valence-electron chi connectivity index (χ2n) is 2.27. The van der Waals surface area contributed by atoms with Crippen LogP contribution in [-0.2, 0) is 4.79 Å². The Morgan fingerprint density at radius 1 is 1.70 bits per heavy atom. The van der Waals surface area contributed by atoms with Gasteiger partial charge in [0.15, 0.2) is 0 Å². The van der Waals surface area contributed by atoms with Gasteiger partial charge in [-0.15, -0.1) is 0 Å². The summed E-state index contributed by atoms with van der Waals surface area (Å²) in [6.45, 7) is 3.38. The minimum absolute atomic E-state index is 0.0355. The van der Waals surface area contributed by atoms with Crippen molar-refractivity contribution in [2.75, 3.05) is 6.61 Å². The molecule has 2 atom stereocenters. The fourth-order valence-corrected chi connectivity index (χ4v) is 0.484. The van der Waals surface area contributed by atoms with E-state index in [0.717, 1.165) is 0 Å². The minimum Gasteiger partial charge on any atom is -0.394 e. The lowest BCUT2D eigenvalue weighted by atomic mass is 10.3. The fraction of sp³-hybridized carbons (Fsp3) is 0.833. The maximum Gasteiger partial charge on any atom is 0.232 e. The Morgan fingerprint density at radius 2 is 2.20 bits per heavy atom. The quantitative estimate of drug-likeness (QED) is 0.505. The summed E-state index contributed by atoms with van der Waals surface area (Å²) < 4.78 is 0. The molecular weight excluding hydrogens is 150 g/mol. The molecule has 0 saturated heterocycles. The molecule has 4 heteroatoms. The standard InChI is InChI=1S/C6H13NO2S/c1-4(3-8)7-6(9)5(2)10/h4-5,8,10H,3H2,1-2H3,(H,7,9)/t4-,5?/m1/s1. The van der Waals surface area contributed by atoms with Gasteiger partial charge in [-0.3, -0.25) is 4.79 Å². The Hall–Kier alpha value is -0.220. The second kappa shape index (κ2) is 4.57. The number of hydrogen-bond donors (Lipinski definition) is 3. The van der Waals surface area contributed by atoms with Crippen LogP contribution in [0.25, 0.3) is 0 Å². The van der Waals surface area contributed by atoms with E-state index in [1.54, 1.807) is 13.8 Å². The van der Waals surface area contributed by atoms with E-state index in [1.165, 1.54) is 0 Å². The van der Waals surface area contributed by atoms with Crippen molar-refractivity contribution in [2.45, 2.75) is 25.1 Å². The number of rotatable bonds is 3. The summed E-state index contributed by atoms with van der Waals surface area (Å²) in [6, 6.07) is -0.179. The monoisotopic (exact) mass is 163 g/mol. The van der Waals surface area contributed by atoms with Crippen LogP contribution in [0, 0.1) is 0 Å². The summed E-state index contributed by atoms with van der Waals surface area (Å²) in [7, 11) is 0. The highest BCUT2D eigenvalue weighted by Crippen LogP contribution is 1.92. The summed E-state index contributed by atoms with van der Waals surface area (Å²) in [5.74, 6) is -0.148. The Balaban J connectivity index is 3.57. The zero-order valence-corrected chi connectivity index (χ0v) is 7.06. The molecule has 3 nitrogen and oxygen atoms in total. The number of nitrogens with one attached hydrogen (secondary N) is 1. The van der Waals surface area contributed by atoms with Crippen LogP contribution >= 0.6 is 12.6 Å². The molecule has 1 amide bonds. The van der Waals surface area contributed by atoms with E-state index >= 15 is 0 Å². The van der Waals surface area contributed by atoms with Crippen molar-refractivity contribution < 1.29 is 9.90 Å². The number of carbonyl (C=O) groups is 1. The van der Waals surface area contributed by atoms with Gasteiger partial charge in [0, 0.05) is 6.04 Å². The van der Waals surface area contributed by atoms with Crippen LogP contribution in [0.5, 0.6) is 0 Å². The fourth-order valence-electron chi connectivity index (χ4n) is 0.409. The van der Waals surface area contributed by atoms with Crippen molar-refractivity contribution >= 4 is 18.5 Å². The first-order valence-corrected chi connectivity index (χ1v) is 3.69. The SMILES string of the molecule is CC(S)C(=O)N[C@H](C)CO. The molecule has 0 heterocycles. The molecule has 0 spiro atoms. The minimum atomic E-state index is -0.311. The molecule has 0 aromatic heterocycles. The van der Waals surface area contributed by atoms with Gasteiger partial charge >= 0.3 is 0 Å². The van der Waals surface area contributed by atoms with E-state index in [2.05, 4.69) is 17.9 Å². The average Bonchev–Trinajstić information content (AvgIpc) is 1.87. The Labute approximate surface area is 66.2 Å². The lowest BCUT2D eigenvalue weighted by Gasteiger charge is -2.11. The molecule has 1 unspecified atom stereocenters. The largest absolute Gasteiger partial charge is 0.394 e. The molecule has 0 aromatic rings. The third-order valence-corrected chi connectivity index (χ3v) is 1.28. The van der Waals surface area contributed by atoms with Gasteiger partial charge in [0.1, 0.15) is 0 Å². The predicted octanol–water partition coefficient (Wildman–Crippen LogP) is -0.198. The molecule has 0 aliphatic heterocycles. The maximum atomic E-state index is 10.8. The predicted molar refractivity (Wildman–Crippen MR) is 43.1 cm³/mol. The third kappa shape index (κ3) is 3.74. The average molecular weight is 163 g/mol. The number of amides is 1. The molecule has 2 N–H and O–H groups in total. The number of carbonyl (C=O) groups excluding carboxylic acids is 1. The van der Waals surface area contributed by atoms with Crippen molar-refractivity contribution in [1.82, 2.24) is 5.32 Å². The smallest absolute Gasteiger partial charge is 0.232 e. The van der Waals surface area contributed by atoms with Crippen molar-refractivity contribution in [3.8, 4) is 0 Å². The zero-order valence-electron chi connectivity index (χ0n) is 6.16. The van der Waals surface area contributed by atoms with Crippen LogP contribution in [-0.4, -0.2) is 28.9 Å². The second-order valence-corrected chi connectivity index (χ2v) is 3.04. The van der Waals surface area contributed by atoms with Gasteiger partial charge in [0.2, 0.25) is 5.91 Å². The topological polar surface area (TPSA) is 49.3 Å². The molecule has 0 aliphatic carbocycles.